The SMILES string of the molecule is C=C/C(=C\C=C(/C)C(Cc1ccccc1)c1nc2cc(C(=O)O)ccc2[nH]1)c1cc(Cl)ccc1-n1cnnn1. The molecule has 8 nitrogen and oxygen atoms in total. The molecule has 3 aromatic carbocycles. The van der Waals surface area contributed by atoms with E-state index in [9.17, 15) is 9.90 Å². The first-order valence-electron chi connectivity index (χ1n) is 12.2. The highest BCUT2D eigenvalue weighted by molar-refractivity contribution is 6.30. The van der Waals surface area contributed by atoms with Gasteiger partial charge in [-0.05, 0) is 71.3 Å². The van der Waals surface area contributed by atoms with Gasteiger partial charge in [0.1, 0.15) is 12.2 Å². The summed E-state index contributed by atoms with van der Waals surface area (Å²) in [4.78, 5) is 19.7. The first-order chi connectivity index (χ1) is 18.9. The van der Waals surface area contributed by atoms with Crippen LogP contribution >= 0.6 is 11.6 Å². The van der Waals surface area contributed by atoms with Gasteiger partial charge in [0, 0.05) is 16.5 Å². The van der Waals surface area contributed by atoms with Crippen LogP contribution in [-0.4, -0.2) is 41.3 Å². The number of rotatable bonds is 9. The van der Waals surface area contributed by atoms with E-state index in [1.54, 1.807) is 35.0 Å². The van der Waals surface area contributed by atoms with Crippen molar-refractivity contribution in [2.24, 2.45) is 0 Å². The Morgan fingerprint density at radius 1 is 1.13 bits per heavy atom. The maximum Gasteiger partial charge on any atom is 0.335 e. The molecular weight excluding hydrogens is 512 g/mol. The number of fused-ring (bicyclic) bond motifs is 1. The molecular formula is C30H25ClN6O2. The quantitative estimate of drug-likeness (QED) is 0.210. The lowest BCUT2D eigenvalue weighted by Crippen LogP contribution is -2.07. The zero-order chi connectivity index (χ0) is 27.4. The highest BCUT2D eigenvalue weighted by Gasteiger charge is 2.19. The minimum atomic E-state index is -0.984. The number of imidazole rings is 1. The summed E-state index contributed by atoms with van der Waals surface area (Å²) in [5, 5.41) is 21.5. The van der Waals surface area contributed by atoms with Gasteiger partial charge in [0.15, 0.2) is 0 Å². The number of tetrazole rings is 1. The highest BCUT2D eigenvalue weighted by Crippen LogP contribution is 2.31. The number of halogens is 1. The summed E-state index contributed by atoms with van der Waals surface area (Å²) in [5.41, 5.74) is 6.26. The molecule has 1 unspecified atom stereocenters. The molecule has 0 fully saturated rings. The molecule has 0 aliphatic rings. The summed E-state index contributed by atoms with van der Waals surface area (Å²) in [6.07, 6.45) is 8.04. The molecule has 0 bridgehead atoms. The first kappa shape index (κ1) is 25.8. The first-order valence-corrected chi connectivity index (χ1v) is 12.6. The van der Waals surface area contributed by atoms with Crippen molar-refractivity contribution in [1.29, 1.82) is 0 Å². The summed E-state index contributed by atoms with van der Waals surface area (Å²) in [6.45, 7) is 6.08. The zero-order valence-electron chi connectivity index (χ0n) is 21.1. The smallest absolute Gasteiger partial charge is 0.335 e. The second-order valence-electron chi connectivity index (χ2n) is 9.05. The molecule has 5 aromatic rings. The van der Waals surface area contributed by atoms with Crippen LogP contribution in [0.3, 0.4) is 0 Å². The van der Waals surface area contributed by atoms with Gasteiger partial charge >= 0.3 is 5.97 Å². The van der Waals surface area contributed by atoms with E-state index in [0.717, 1.165) is 39.3 Å². The fourth-order valence-electron chi connectivity index (χ4n) is 4.46. The Kier molecular flexibility index (Phi) is 7.47. The number of H-pyrrole nitrogens is 1. The second kappa shape index (κ2) is 11.3. The van der Waals surface area contributed by atoms with Crippen LogP contribution in [-0.2, 0) is 6.42 Å². The molecule has 39 heavy (non-hydrogen) atoms. The molecule has 0 radical (unpaired) electrons. The molecule has 0 aliphatic heterocycles. The van der Waals surface area contributed by atoms with E-state index in [4.69, 9.17) is 16.6 Å². The van der Waals surface area contributed by atoms with E-state index >= 15 is 0 Å². The van der Waals surface area contributed by atoms with Gasteiger partial charge in [-0.2, -0.15) is 4.68 Å². The third-order valence-electron chi connectivity index (χ3n) is 6.52. The Morgan fingerprint density at radius 3 is 2.67 bits per heavy atom. The molecule has 194 valence electrons. The Hall–Kier alpha value is -4.82. The zero-order valence-corrected chi connectivity index (χ0v) is 21.9. The van der Waals surface area contributed by atoms with Crippen molar-refractivity contribution >= 4 is 34.2 Å². The number of aromatic nitrogens is 6. The minimum Gasteiger partial charge on any atom is -0.478 e. The van der Waals surface area contributed by atoms with E-state index in [0.29, 0.717) is 17.0 Å². The topological polar surface area (TPSA) is 110 Å². The number of aromatic carboxylic acids is 1. The van der Waals surface area contributed by atoms with Gasteiger partial charge in [-0.3, -0.25) is 0 Å². The van der Waals surface area contributed by atoms with Crippen molar-refractivity contribution < 1.29 is 9.90 Å². The van der Waals surface area contributed by atoms with E-state index in [1.807, 2.05) is 42.5 Å². The number of carboxylic acid groups (broad SMARTS) is 1. The van der Waals surface area contributed by atoms with Crippen LogP contribution in [0, 0.1) is 0 Å². The number of carboxylic acids is 1. The van der Waals surface area contributed by atoms with Crippen molar-refractivity contribution in [3.8, 4) is 5.69 Å². The lowest BCUT2D eigenvalue weighted by molar-refractivity contribution is 0.0697. The lowest BCUT2D eigenvalue weighted by Gasteiger charge is -2.16. The summed E-state index contributed by atoms with van der Waals surface area (Å²) < 4.78 is 1.58. The maximum absolute atomic E-state index is 11.5. The average Bonchev–Trinajstić information content (AvgIpc) is 3.62. The molecule has 2 heterocycles. The van der Waals surface area contributed by atoms with Gasteiger partial charge in [0.2, 0.25) is 0 Å². The number of aromatic amines is 1. The van der Waals surface area contributed by atoms with Gasteiger partial charge in [-0.15, -0.1) is 5.10 Å². The van der Waals surface area contributed by atoms with E-state index < -0.39 is 5.97 Å². The van der Waals surface area contributed by atoms with E-state index in [1.165, 1.54) is 6.33 Å². The summed E-state index contributed by atoms with van der Waals surface area (Å²) in [7, 11) is 0. The Morgan fingerprint density at radius 2 is 1.95 bits per heavy atom. The minimum absolute atomic E-state index is 0.0891. The third-order valence-corrected chi connectivity index (χ3v) is 6.76. The van der Waals surface area contributed by atoms with Gasteiger partial charge in [-0.25, -0.2) is 9.78 Å². The van der Waals surface area contributed by atoms with Gasteiger partial charge in [0.05, 0.1) is 22.3 Å². The maximum atomic E-state index is 11.5. The molecule has 9 heteroatoms. The van der Waals surface area contributed by atoms with Gasteiger partial charge < -0.3 is 10.1 Å². The number of hydrogen-bond donors (Lipinski definition) is 2. The predicted octanol–water partition coefficient (Wildman–Crippen LogP) is 6.43. The Bertz CT molecular complexity index is 1700. The van der Waals surface area contributed by atoms with Crippen LogP contribution in [0.15, 0.2) is 103 Å². The Balaban J connectivity index is 1.56. The van der Waals surface area contributed by atoms with Crippen molar-refractivity contribution in [3.63, 3.8) is 0 Å². The van der Waals surface area contributed by atoms with Crippen LogP contribution in [0.4, 0.5) is 0 Å². The van der Waals surface area contributed by atoms with Crippen molar-refractivity contribution in [1.82, 2.24) is 30.2 Å². The standard InChI is InChI=1S/C30H25ClN6O2/c1-3-21(25-17-23(31)12-14-28(25)37-18-32-35-36-37)10-9-19(2)24(15-20-7-5-4-6-8-20)29-33-26-13-11-22(30(38)39)16-27(26)34-29/h3-14,16-18,24H,1,15H2,2H3,(H,33,34)(H,38,39)/b19-9+,21-10+. The van der Waals surface area contributed by atoms with Crippen LogP contribution < -0.4 is 0 Å². The summed E-state index contributed by atoms with van der Waals surface area (Å²) in [5.74, 6) is -0.313. The fourth-order valence-corrected chi connectivity index (χ4v) is 4.63. The molecule has 0 aliphatic carbocycles. The largest absolute Gasteiger partial charge is 0.478 e. The number of allylic oxidation sites excluding steroid dienone is 5. The van der Waals surface area contributed by atoms with Gasteiger partial charge in [-0.1, -0.05) is 72.3 Å². The number of carbonyl (C=O) groups is 1. The summed E-state index contributed by atoms with van der Waals surface area (Å²) >= 11 is 6.35. The Labute approximate surface area is 230 Å². The molecule has 0 saturated heterocycles. The number of nitrogens with zero attached hydrogens (tertiary/aromatic N) is 5. The lowest BCUT2D eigenvalue weighted by atomic mass is 9.91. The second-order valence-corrected chi connectivity index (χ2v) is 9.49. The summed E-state index contributed by atoms with van der Waals surface area (Å²) in [6, 6.07) is 20.6. The van der Waals surface area contributed by atoms with Crippen molar-refractivity contribution in [3.05, 3.63) is 131 Å². The fraction of sp³-hybridized carbons (Fsp3) is 0.100. The van der Waals surface area contributed by atoms with Crippen LogP contribution in [0.2, 0.25) is 5.02 Å². The number of hydrogen-bond acceptors (Lipinski definition) is 5. The number of benzene rings is 3. The van der Waals surface area contributed by atoms with E-state index in [2.05, 4.69) is 46.1 Å². The van der Waals surface area contributed by atoms with Crippen LogP contribution in [0.25, 0.3) is 22.3 Å². The molecule has 2 aromatic heterocycles. The average molecular weight is 537 g/mol. The molecule has 0 amide bonds. The normalized spacial score (nSPS) is 13.0. The molecule has 0 spiro atoms. The predicted molar refractivity (Wildman–Crippen MR) is 152 cm³/mol. The molecule has 1 atom stereocenters. The molecule has 2 N–H and O–H groups in total. The van der Waals surface area contributed by atoms with Gasteiger partial charge in [0.25, 0.3) is 0 Å². The number of nitrogens with one attached hydrogen (secondary N) is 1. The van der Waals surface area contributed by atoms with E-state index in [-0.39, 0.29) is 11.5 Å². The van der Waals surface area contributed by atoms with Crippen LogP contribution in [0.1, 0.15) is 40.2 Å². The highest BCUT2D eigenvalue weighted by atomic mass is 35.5. The molecule has 0 saturated carbocycles. The van der Waals surface area contributed by atoms with Crippen molar-refractivity contribution in [2.45, 2.75) is 19.3 Å². The monoisotopic (exact) mass is 536 g/mol. The van der Waals surface area contributed by atoms with Crippen molar-refractivity contribution in [2.75, 3.05) is 0 Å². The van der Waals surface area contributed by atoms with Crippen LogP contribution in [0.5, 0.6) is 0 Å². The molecule has 5 rings (SSSR count). The third kappa shape index (κ3) is 5.71.